The predicted octanol–water partition coefficient (Wildman–Crippen LogP) is -0.0474. The van der Waals surface area contributed by atoms with Crippen molar-refractivity contribution in [3.63, 3.8) is 0 Å². The number of thiol groups is 1. The highest BCUT2D eigenvalue weighted by molar-refractivity contribution is 7.80. The summed E-state index contributed by atoms with van der Waals surface area (Å²) in [6, 6.07) is -0.777. The summed E-state index contributed by atoms with van der Waals surface area (Å²) < 4.78 is 4.88. The molecule has 0 aliphatic carbocycles. The van der Waals surface area contributed by atoms with Crippen molar-refractivity contribution in [1.82, 2.24) is 5.32 Å². The average molecular weight is 280 g/mol. The van der Waals surface area contributed by atoms with Crippen LogP contribution in [0.5, 0.6) is 0 Å². The Morgan fingerprint density at radius 3 is 2.50 bits per heavy atom. The zero-order valence-electron chi connectivity index (χ0n) is 9.96. The molecule has 1 amide bonds. The number of amides is 1. The molecule has 0 saturated carbocycles. The number of nitrogens with zero attached hydrogens (tertiary/aromatic N) is 1. The molecule has 0 radical (unpaired) electrons. The van der Waals surface area contributed by atoms with Crippen LogP contribution in [0.4, 0.5) is 0 Å². The molecule has 0 aromatic rings. The first-order chi connectivity index (χ1) is 8.47. The van der Waals surface area contributed by atoms with E-state index in [1.165, 1.54) is 6.92 Å². The van der Waals surface area contributed by atoms with Gasteiger partial charge in [-0.3, -0.25) is 4.79 Å². The SMILES string of the molecule is CC(=O)NC(CS)C(=O)OCCCCO[N+](=O)[O-]. The Kier molecular flexibility index (Phi) is 8.71. The molecule has 0 bridgehead atoms. The third kappa shape index (κ3) is 8.62. The van der Waals surface area contributed by atoms with Gasteiger partial charge in [0.05, 0.1) is 13.2 Å². The van der Waals surface area contributed by atoms with E-state index in [1.807, 2.05) is 0 Å². The van der Waals surface area contributed by atoms with E-state index in [0.29, 0.717) is 12.8 Å². The summed E-state index contributed by atoms with van der Waals surface area (Å²) >= 11 is 3.92. The lowest BCUT2D eigenvalue weighted by molar-refractivity contribution is -0.757. The van der Waals surface area contributed by atoms with E-state index in [4.69, 9.17) is 4.74 Å². The van der Waals surface area contributed by atoms with Crippen LogP contribution in [0, 0.1) is 10.1 Å². The highest BCUT2D eigenvalue weighted by Crippen LogP contribution is 1.97. The van der Waals surface area contributed by atoms with Gasteiger partial charge in [-0.15, -0.1) is 10.1 Å². The number of nitrogens with one attached hydrogen (secondary N) is 1. The van der Waals surface area contributed by atoms with E-state index in [9.17, 15) is 19.7 Å². The van der Waals surface area contributed by atoms with E-state index >= 15 is 0 Å². The van der Waals surface area contributed by atoms with Crippen LogP contribution in [0.25, 0.3) is 0 Å². The molecule has 0 saturated heterocycles. The summed E-state index contributed by atoms with van der Waals surface area (Å²) in [7, 11) is 0. The molecule has 0 fully saturated rings. The summed E-state index contributed by atoms with van der Waals surface area (Å²) in [6.45, 7) is 1.37. The second kappa shape index (κ2) is 9.51. The molecule has 104 valence electrons. The first kappa shape index (κ1) is 16.5. The zero-order valence-corrected chi connectivity index (χ0v) is 10.9. The van der Waals surface area contributed by atoms with E-state index < -0.39 is 17.1 Å². The molecule has 0 spiro atoms. The molecule has 1 atom stereocenters. The van der Waals surface area contributed by atoms with Gasteiger partial charge in [-0.25, -0.2) is 4.79 Å². The Hall–Kier alpha value is -1.51. The molecule has 0 heterocycles. The van der Waals surface area contributed by atoms with Crippen molar-refractivity contribution in [2.24, 2.45) is 0 Å². The molecule has 8 nitrogen and oxygen atoms in total. The largest absolute Gasteiger partial charge is 0.464 e. The third-order valence-electron chi connectivity index (χ3n) is 1.82. The minimum Gasteiger partial charge on any atom is -0.464 e. The first-order valence-electron chi connectivity index (χ1n) is 5.29. The lowest BCUT2D eigenvalue weighted by Gasteiger charge is -2.14. The predicted molar refractivity (Wildman–Crippen MR) is 64.6 cm³/mol. The van der Waals surface area contributed by atoms with E-state index in [2.05, 4.69) is 22.8 Å². The second-order valence-corrected chi connectivity index (χ2v) is 3.73. The van der Waals surface area contributed by atoms with Crippen molar-refractivity contribution in [1.29, 1.82) is 0 Å². The first-order valence-corrected chi connectivity index (χ1v) is 5.92. The van der Waals surface area contributed by atoms with E-state index in [-0.39, 0.29) is 24.9 Å². The van der Waals surface area contributed by atoms with Crippen LogP contribution in [-0.4, -0.2) is 42.0 Å². The Labute approximate surface area is 110 Å². The Bertz CT molecular complexity index is 299. The fraction of sp³-hybridized carbons (Fsp3) is 0.778. The minimum atomic E-state index is -0.875. The number of esters is 1. The summed E-state index contributed by atoms with van der Waals surface area (Å²) in [5.41, 5.74) is 0. The third-order valence-corrected chi connectivity index (χ3v) is 2.19. The minimum absolute atomic E-state index is 0.0355. The molecule has 1 unspecified atom stereocenters. The molecular formula is C9H16N2O6S. The van der Waals surface area contributed by atoms with Crippen molar-refractivity contribution < 1.29 is 24.3 Å². The van der Waals surface area contributed by atoms with Crippen LogP contribution in [0.15, 0.2) is 0 Å². The summed E-state index contributed by atoms with van der Waals surface area (Å²) in [4.78, 5) is 36.1. The van der Waals surface area contributed by atoms with Gasteiger partial charge in [0.15, 0.2) is 0 Å². The molecule has 18 heavy (non-hydrogen) atoms. The summed E-state index contributed by atoms with van der Waals surface area (Å²) in [5, 5.41) is 11.3. The lowest BCUT2D eigenvalue weighted by Crippen LogP contribution is -2.42. The standard InChI is InChI=1S/C9H16N2O6S/c1-7(12)10-8(6-18)9(13)16-4-2-3-5-17-11(14)15/h8,18H,2-6H2,1H3,(H,10,12). The molecule has 1 N–H and O–H groups in total. The summed E-state index contributed by atoms with van der Waals surface area (Å²) in [6.07, 6.45) is 0.846. The second-order valence-electron chi connectivity index (χ2n) is 3.37. The number of ether oxygens (including phenoxy) is 1. The lowest BCUT2D eigenvalue weighted by atomic mass is 10.3. The van der Waals surface area contributed by atoms with Crippen molar-refractivity contribution >= 4 is 24.5 Å². The van der Waals surface area contributed by atoms with Gasteiger partial charge < -0.3 is 14.9 Å². The van der Waals surface area contributed by atoms with Gasteiger partial charge in [0, 0.05) is 12.7 Å². The van der Waals surface area contributed by atoms with E-state index in [0.717, 1.165) is 0 Å². The monoisotopic (exact) mass is 280 g/mol. The van der Waals surface area contributed by atoms with Crippen molar-refractivity contribution in [3.05, 3.63) is 10.1 Å². The normalized spacial score (nSPS) is 11.4. The quantitative estimate of drug-likeness (QED) is 0.202. The van der Waals surface area contributed by atoms with Crippen LogP contribution in [0.1, 0.15) is 19.8 Å². The van der Waals surface area contributed by atoms with Crippen LogP contribution in [0.2, 0.25) is 0 Å². The molecule has 0 aromatic heterocycles. The van der Waals surface area contributed by atoms with Crippen LogP contribution in [0.3, 0.4) is 0 Å². The van der Waals surface area contributed by atoms with Crippen molar-refractivity contribution in [3.8, 4) is 0 Å². The van der Waals surface area contributed by atoms with Crippen LogP contribution < -0.4 is 5.32 Å². The molecule has 0 rings (SSSR count). The van der Waals surface area contributed by atoms with Crippen LogP contribution in [-0.2, 0) is 19.2 Å². The molecule has 9 heteroatoms. The Balaban J connectivity index is 3.68. The van der Waals surface area contributed by atoms with Gasteiger partial charge in [-0.2, -0.15) is 12.6 Å². The number of hydrogen-bond acceptors (Lipinski definition) is 7. The zero-order chi connectivity index (χ0) is 14.0. The van der Waals surface area contributed by atoms with Gasteiger partial charge >= 0.3 is 5.97 Å². The number of rotatable bonds is 9. The van der Waals surface area contributed by atoms with Gasteiger partial charge in [0.1, 0.15) is 6.04 Å². The van der Waals surface area contributed by atoms with E-state index in [1.54, 1.807) is 0 Å². The van der Waals surface area contributed by atoms with Crippen molar-refractivity contribution in [2.75, 3.05) is 19.0 Å². The maximum atomic E-state index is 11.4. The molecule has 0 aromatic carbocycles. The highest BCUT2D eigenvalue weighted by atomic mass is 32.1. The van der Waals surface area contributed by atoms with Crippen molar-refractivity contribution in [2.45, 2.75) is 25.8 Å². The number of carbonyl (C=O) groups excluding carboxylic acids is 2. The smallest absolute Gasteiger partial charge is 0.329 e. The van der Waals surface area contributed by atoms with Gasteiger partial charge in [0.2, 0.25) is 5.91 Å². The number of hydrogen-bond donors (Lipinski definition) is 2. The highest BCUT2D eigenvalue weighted by Gasteiger charge is 2.18. The number of unbranched alkanes of at least 4 members (excludes halogenated alkanes) is 1. The summed E-state index contributed by atoms with van der Waals surface area (Å²) in [5.74, 6) is -0.774. The fourth-order valence-electron chi connectivity index (χ4n) is 1.04. The molecule has 0 aliphatic rings. The van der Waals surface area contributed by atoms with Gasteiger partial charge in [-0.05, 0) is 12.8 Å². The van der Waals surface area contributed by atoms with Gasteiger partial charge in [0.25, 0.3) is 5.09 Å². The Morgan fingerprint density at radius 2 is 2.00 bits per heavy atom. The average Bonchev–Trinajstić information content (AvgIpc) is 2.29. The van der Waals surface area contributed by atoms with Gasteiger partial charge in [-0.1, -0.05) is 0 Å². The maximum Gasteiger partial charge on any atom is 0.329 e. The fourth-order valence-corrected chi connectivity index (χ4v) is 1.28. The molecular weight excluding hydrogens is 264 g/mol. The number of carbonyl (C=O) groups is 2. The van der Waals surface area contributed by atoms with Crippen LogP contribution >= 0.6 is 12.6 Å². The topological polar surface area (TPSA) is 108 Å². The molecule has 0 aliphatic heterocycles. The Morgan fingerprint density at radius 1 is 1.39 bits per heavy atom. The maximum absolute atomic E-state index is 11.4.